The molecule has 18 heavy (non-hydrogen) atoms. The molecule has 0 radical (unpaired) electrons. The van der Waals surface area contributed by atoms with Gasteiger partial charge in [0.1, 0.15) is 0 Å². The maximum absolute atomic E-state index is 12.3. The Morgan fingerprint density at radius 3 is 2.61 bits per heavy atom. The second-order valence-corrected chi connectivity index (χ2v) is 4.95. The first-order valence-corrected chi connectivity index (χ1v) is 6.89. The molecule has 1 aromatic rings. The van der Waals surface area contributed by atoms with Crippen molar-refractivity contribution in [3.8, 4) is 0 Å². The summed E-state index contributed by atoms with van der Waals surface area (Å²) in [7, 11) is 0. The number of halogens is 3. The van der Waals surface area contributed by atoms with Crippen molar-refractivity contribution in [2.45, 2.75) is 31.0 Å². The van der Waals surface area contributed by atoms with E-state index in [-0.39, 0.29) is 0 Å². The van der Waals surface area contributed by atoms with Crippen LogP contribution in [0.5, 0.6) is 0 Å². The topological polar surface area (TPSA) is 24.9 Å². The lowest BCUT2D eigenvalue weighted by molar-refractivity contribution is -0.137. The van der Waals surface area contributed by atoms with Crippen LogP contribution in [0.2, 0.25) is 0 Å². The molecule has 1 N–H and O–H groups in total. The maximum atomic E-state index is 12.3. The molecule has 1 heterocycles. The highest BCUT2D eigenvalue weighted by Crippen LogP contribution is 2.29. The monoisotopic (exact) mass is 278 g/mol. The van der Waals surface area contributed by atoms with Crippen LogP contribution < -0.4 is 5.32 Å². The zero-order chi connectivity index (χ0) is 13.4. The van der Waals surface area contributed by atoms with Gasteiger partial charge in [0.2, 0.25) is 0 Å². The zero-order valence-electron chi connectivity index (χ0n) is 10.3. The van der Waals surface area contributed by atoms with Crippen LogP contribution in [0.3, 0.4) is 0 Å². The Morgan fingerprint density at radius 2 is 2.06 bits per heavy atom. The molecule has 2 nitrogen and oxygen atoms in total. The number of hydrogen-bond donors (Lipinski definition) is 1. The Hall–Kier alpha value is -0.750. The number of alkyl halides is 3. The normalized spacial score (nSPS) is 11.8. The van der Waals surface area contributed by atoms with E-state index < -0.39 is 11.7 Å². The van der Waals surface area contributed by atoms with Gasteiger partial charge in [-0.25, -0.2) is 4.98 Å². The van der Waals surface area contributed by atoms with Gasteiger partial charge in [0, 0.05) is 11.9 Å². The number of thioether (sulfide) groups is 1. The van der Waals surface area contributed by atoms with Crippen molar-refractivity contribution < 1.29 is 13.2 Å². The minimum Gasteiger partial charge on any atom is -0.317 e. The molecule has 0 bridgehead atoms. The molecule has 0 saturated carbocycles. The van der Waals surface area contributed by atoms with Gasteiger partial charge in [0.15, 0.2) is 0 Å². The van der Waals surface area contributed by atoms with Crippen molar-refractivity contribution in [3.05, 3.63) is 23.9 Å². The first-order valence-electron chi connectivity index (χ1n) is 5.91. The van der Waals surface area contributed by atoms with Crippen molar-refractivity contribution in [1.82, 2.24) is 10.3 Å². The second-order valence-electron chi connectivity index (χ2n) is 3.83. The SMILES string of the molecule is CCCNCCCSc1ccc(C(F)(F)F)cn1. The molecular formula is C12H17F3N2S. The fourth-order valence-corrected chi connectivity index (χ4v) is 2.10. The second kappa shape index (κ2) is 7.63. The first kappa shape index (κ1) is 15.3. The van der Waals surface area contributed by atoms with Crippen molar-refractivity contribution in [2.75, 3.05) is 18.8 Å². The third-order valence-corrected chi connectivity index (χ3v) is 3.27. The minimum absolute atomic E-state index is 0.637. The van der Waals surface area contributed by atoms with Crippen LogP contribution in [0.25, 0.3) is 0 Å². The summed E-state index contributed by atoms with van der Waals surface area (Å²) in [5.74, 6) is 0.856. The number of nitrogens with one attached hydrogen (secondary N) is 1. The molecule has 0 aliphatic heterocycles. The van der Waals surface area contributed by atoms with Gasteiger partial charge in [0.05, 0.1) is 10.6 Å². The third-order valence-electron chi connectivity index (χ3n) is 2.24. The van der Waals surface area contributed by atoms with Gasteiger partial charge in [-0.05, 0) is 38.1 Å². The summed E-state index contributed by atoms with van der Waals surface area (Å²) in [6, 6.07) is 2.50. The summed E-state index contributed by atoms with van der Waals surface area (Å²) in [4.78, 5) is 3.80. The summed E-state index contributed by atoms with van der Waals surface area (Å²) in [5.41, 5.74) is -0.698. The van der Waals surface area contributed by atoms with Crippen LogP contribution in [0.15, 0.2) is 23.4 Å². The zero-order valence-corrected chi connectivity index (χ0v) is 11.1. The van der Waals surface area contributed by atoms with Crippen molar-refractivity contribution in [1.29, 1.82) is 0 Å². The van der Waals surface area contributed by atoms with Crippen LogP contribution in [-0.4, -0.2) is 23.8 Å². The lowest BCUT2D eigenvalue weighted by Crippen LogP contribution is -2.16. The Labute approximate surface area is 109 Å². The highest BCUT2D eigenvalue weighted by molar-refractivity contribution is 7.99. The van der Waals surface area contributed by atoms with Crippen LogP contribution in [0, 0.1) is 0 Å². The van der Waals surface area contributed by atoms with Crippen molar-refractivity contribution >= 4 is 11.8 Å². The van der Waals surface area contributed by atoms with Crippen LogP contribution >= 0.6 is 11.8 Å². The summed E-state index contributed by atoms with van der Waals surface area (Å²) in [6.45, 7) is 4.04. The molecular weight excluding hydrogens is 261 g/mol. The summed E-state index contributed by atoms with van der Waals surface area (Å²) >= 11 is 1.48. The Balaban J connectivity index is 2.27. The van der Waals surface area contributed by atoms with Gasteiger partial charge in [-0.15, -0.1) is 11.8 Å². The van der Waals surface area contributed by atoms with Gasteiger partial charge >= 0.3 is 6.18 Å². The average Bonchev–Trinajstić information content (AvgIpc) is 2.33. The fraction of sp³-hybridized carbons (Fsp3) is 0.583. The van der Waals surface area contributed by atoms with E-state index in [4.69, 9.17) is 0 Å². The van der Waals surface area contributed by atoms with E-state index in [1.165, 1.54) is 17.8 Å². The number of rotatable bonds is 7. The van der Waals surface area contributed by atoms with E-state index in [9.17, 15) is 13.2 Å². The lowest BCUT2D eigenvalue weighted by atomic mass is 10.3. The molecule has 1 aromatic heterocycles. The molecule has 0 amide bonds. The number of pyridine rings is 1. The van der Waals surface area contributed by atoms with E-state index in [2.05, 4.69) is 17.2 Å². The molecule has 0 aromatic carbocycles. The van der Waals surface area contributed by atoms with Crippen LogP contribution in [-0.2, 0) is 6.18 Å². The fourth-order valence-electron chi connectivity index (χ4n) is 1.31. The Kier molecular flexibility index (Phi) is 6.49. The number of hydrogen-bond acceptors (Lipinski definition) is 3. The number of aromatic nitrogens is 1. The van der Waals surface area contributed by atoms with Gasteiger partial charge < -0.3 is 5.32 Å². The first-order chi connectivity index (χ1) is 8.54. The highest BCUT2D eigenvalue weighted by Gasteiger charge is 2.30. The molecule has 0 aliphatic rings. The standard InChI is InChI=1S/C12H17F3N2S/c1-2-6-16-7-3-8-18-11-5-4-10(9-17-11)12(13,14)15/h4-5,9,16H,2-3,6-8H2,1H3. The summed E-state index contributed by atoms with van der Waals surface area (Å²) in [5, 5.41) is 3.91. The molecule has 102 valence electrons. The van der Waals surface area contributed by atoms with Gasteiger partial charge in [-0.3, -0.25) is 0 Å². The van der Waals surface area contributed by atoms with E-state index in [0.29, 0.717) is 5.03 Å². The van der Waals surface area contributed by atoms with Gasteiger partial charge in [-0.2, -0.15) is 13.2 Å². The largest absolute Gasteiger partial charge is 0.417 e. The van der Waals surface area contributed by atoms with Crippen molar-refractivity contribution in [2.24, 2.45) is 0 Å². The Morgan fingerprint density at radius 1 is 1.28 bits per heavy atom. The molecule has 0 spiro atoms. The predicted molar refractivity (Wildman–Crippen MR) is 67.7 cm³/mol. The van der Waals surface area contributed by atoms with Crippen LogP contribution in [0.4, 0.5) is 13.2 Å². The predicted octanol–water partition coefficient (Wildman–Crippen LogP) is 3.58. The van der Waals surface area contributed by atoms with Gasteiger partial charge in [0.25, 0.3) is 0 Å². The van der Waals surface area contributed by atoms with E-state index >= 15 is 0 Å². The summed E-state index contributed by atoms with van der Waals surface area (Å²) in [6.07, 6.45) is -1.33. The Bertz CT molecular complexity index is 338. The summed E-state index contributed by atoms with van der Waals surface area (Å²) < 4.78 is 36.9. The molecule has 0 saturated heterocycles. The van der Waals surface area contributed by atoms with E-state index in [1.54, 1.807) is 0 Å². The van der Waals surface area contributed by atoms with E-state index in [1.807, 2.05) is 0 Å². The molecule has 0 aliphatic carbocycles. The lowest BCUT2D eigenvalue weighted by Gasteiger charge is -2.06. The molecule has 0 unspecified atom stereocenters. The highest BCUT2D eigenvalue weighted by atomic mass is 32.2. The molecule has 0 fully saturated rings. The molecule has 1 rings (SSSR count). The third kappa shape index (κ3) is 5.73. The average molecular weight is 278 g/mol. The molecule has 6 heteroatoms. The minimum atomic E-state index is -4.31. The van der Waals surface area contributed by atoms with Gasteiger partial charge in [-0.1, -0.05) is 6.92 Å². The molecule has 0 atom stereocenters. The van der Waals surface area contributed by atoms with Crippen LogP contribution in [0.1, 0.15) is 25.3 Å². The quantitative estimate of drug-likeness (QED) is 0.609. The maximum Gasteiger partial charge on any atom is 0.417 e. The number of nitrogens with zero attached hydrogens (tertiary/aromatic N) is 1. The van der Waals surface area contributed by atoms with E-state index in [0.717, 1.165) is 43.9 Å². The van der Waals surface area contributed by atoms with Crippen molar-refractivity contribution in [3.63, 3.8) is 0 Å². The smallest absolute Gasteiger partial charge is 0.317 e.